The molecule has 0 spiro atoms. The van der Waals surface area contributed by atoms with Gasteiger partial charge in [0.15, 0.2) is 0 Å². The molecule has 19 heavy (non-hydrogen) atoms. The Kier molecular flexibility index (Phi) is 5.77. The van der Waals surface area contributed by atoms with Crippen molar-refractivity contribution in [3.05, 3.63) is 0 Å². The zero-order chi connectivity index (χ0) is 14.6. The lowest BCUT2D eigenvalue weighted by Gasteiger charge is -2.37. The molecule has 0 aromatic rings. The van der Waals surface area contributed by atoms with Crippen molar-refractivity contribution in [1.82, 2.24) is 15.1 Å². The van der Waals surface area contributed by atoms with Crippen LogP contribution in [0.3, 0.4) is 0 Å². The fourth-order valence-electron chi connectivity index (χ4n) is 2.97. The van der Waals surface area contributed by atoms with Crippen molar-refractivity contribution in [3.8, 4) is 0 Å². The van der Waals surface area contributed by atoms with E-state index in [-0.39, 0.29) is 11.9 Å². The molecule has 1 amide bonds. The van der Waals surface area contributed by atoms with Gasteiger partial charge >= 0.3 is 0 Å². The number of nitrogens with one attached hydrogen (secondary N) is 1. The summed E-state index contributed by atoms with van der Waals surface area (Å²) in [5, 5.41) is 3.33. The van der Waals surface area contributed by atoms with E-state index >= 15 is 0 Å². The maximum Gasteiger partial charge on any atom is 0.238 e. The van der Waals surface area contributed by atoms with Gasteiger partial charge in [0.05, 0.1) is 0 Å². The van der Waals surface area contributed by atoms with E-state index in [4.69, 9.17) is 5.73 Å². The molecule has 1 heterocycles. The summed E-state index contributed by atoms with van der Waals surface area (Å²) in [5.74, 6) is -0.267. The summed E-state index contributed by atoms with van der Waals surface area (Å²) in [6, 6.07) is 0.773. The number of primary amides is 1. The van der Waals surface area contributed by atoms with Crippen molar-refractivity contribution in [1.29, 1.82) is 0 Å². The largest absolute Gasteiger partial charge is 0.368 e. The first-order chi connectivity index (χ1) is 8.74. The minimum Gasteiger partial charge on any atom is -0.368 e. The number of carbonyl (C=O) groups excluding carboxylic acids is 1. The minimum atomic E-state index is -0.650. The van der Waals surface area contributed by atoms with Crippen molar-refractivity contribution in [3.63, 3.8) is 0 Å². The summed E-state index contributed by atoms with van der Waals surface area (Å²) >= 11 is 0. The van der Waals surface area contributed by atoms with Gasteiger partial charge < -0.3 is 16.0 Å². The highest BCUT2D eigenvalue weighted by Gasteiger charge is 2.37. The van der Waals surface area contributed by atoms with E-state index in [0.717, 1.165) is 13.1 Å². The Balaban J connectivity index is 2.70. The highest BCUT2D eigenvalue weighted by atomic mass is 16.1. The summed E-state index contributed by atoms with van der Waals surface area (Å²) in [7, 11) is 4.19. The molecular formula is C14H30N4O. The summed E-state index contributed by atoms with van der Waals surface area (Å²) < 4.78 is 0. The maximum atomic E-state index is 11.8. The summed E-state index contributed by atoms with van der Waals surface area (Å²) in [5.41, 5.74) is 4.96. The Bertz CT molecular complexity index is 306. The molecule has 5 nitrogen and oxygen atoms in total. The second-order valence-electron chi connectivity index (χ2n) is 6.52. The van der Waals surface area contributed by atoms with Crippen LogP contribution in [0.2, 0.25) is 0 Å². The van der Waals surface area contributed by atoms with Crippen molar-refractivity contribution < 1.29 is 4.79 Å². The molecule has 1 rings (SSSR count). The van der Waals surface area contributed by atoms with Gasteiger partial charge in [-0.3, -0.25) is 9.69 Å². The highest BCUT2D eigenvalue weighted by Crippen LogP contribution is 2.21. The average molecular weight is 270 g/mol. The Morgan fingerprint density at radius 2 is 2.16 bits per heavy atom. The van der Waals surface area contributed by atoms with Gasteiger partial charge in [-0.1, -0.05) is 0 Å². The topological polar surface area (TPSA) is 61.6 Å². The molecule has 1 fully saturated rings. The molecule has 1 saturated heterocycles. The molecule has 1 aliphatic rings. The van der Waals surface area contributed by atoms with Crippen LogP contribution >= 0.6 is 0 Å². The number of likely N-dealkylation sites (tertiary alicyclic amines) is 1. The van der Waals surface area contributed by atoms with Crippen LogP contribution in [0.5, 0.6) is 0 Å². The van der Waals surface area contributed by atoms with E-state index in [0.29, 0.717) is 12.6 Å². The Morgan fingerprint density at radius 3 is 2.63 bits per heavy atom. The average Bonchev–Trinajstić information content (AvgIpc) is 2.63. The van der Waals surface area contributed by atoms with Gasteiger partial charge in [0.2, 0.25) is 5.91 Å². The lowest BCUT2D eigenvalue weighted by molar-refractivity contribution is -0.125. The zero-order valence-electron chi connectivity index (χ0n) is 13.1. The van der Waals surface area contributed by atoms with Gasteiger partial charge in [0, 0.05) is 25.2 Å². The summed E-state index contributed by atoms with van der Waals surface area (Å²) in [4.78, 5) is 16.4. The zero-order valence-corrected chi connectivity index (χ0v) is 13.1. The molecule has 0 aliphatic carbocycles. The molecule has 3 N–H and O–H groups in total. The molecule has 112 valence electrons. The molecule has 0 saturated carbocycles. The SMILES string of the molecule is CC(C)NC(C)(CN1CCCC1CN(C)C)C(N)=O. The number of nitrogens with two attached hydrogens (primary N) is 1. The summed E-state index contributed by atoms with van der Waals surface area (Å²) in [6.45, 7) is 8.79. The van der Waals surface area contributed by atoms with Crippen LogP contribution in [-0.2, 0) is 4.79 Å². The van der Waals surface area contributed by atoms with E-state index in [2.05, 4.69) is 29.2 Å². The monoisotopic (exact) mass is 270 g/mol. The standard InChI is InChI=1S/C14H30N4O/c1-11(2)16-14(3,13(15)19)10-18-8-6-7-12(18)9-17(4)5/h11-12,16H,6-10H2,1-5H3,(H2,15,19). The second-order valence-corrected chi connectivity index (χ2v) is 6.52. The van der Waals surface area contributed by atoms with Crippen molar-refractivity contribution in [2.45, 2.75) is 51.2 Å². The number of carbonyl (C=O) groups is 1. The molecule has 5 heteroatoms. The third kappa shape index (κ3) is 4.75. The number of nitrogens with zero attached hydrogens (tertiary/aromatic N) is 2. The minimum absolute atomic E-state index is 0.243. The Hall–Kier alpha value is -0.650. The fraction of sp³-hybridized carbons (Fsp3) is 0.929. The number of likely N-dealkylation sites (N-methyl/N-ethyl adjacent to an activating group) is 1. The summed E-state index contributed by atoms with van der Waals surface area (Å²) in [6.07, 6.45) is 2.41. The predicted octanol–water partition coefficient (Wildman–Crippen LogP) is 0.254. The molecule has 1 aliphatic heterocycles. The first-order valence-electron chi connectivity index (χ1n) is 7.21. The van der Waals surface area contributed by atoms with Crippen LogP contribution in [0.15, 0.2) is 0 Å². The van der Waals surface area contributed by atoms with Gasteiger partial charge in [-0.05, 0) is 54.3 Å². The molecule has 2 atom stereocenters. The number of rotatable bonds is 7. The van der Waals surface area contributed by atoms with Gasteiger partial charge in [0.25, 0.3) is 0 Å². The smallest absolute Gasteiger partial charge is 0.238 e. The third-order valence-corrected chi connectivity index (χ3v) is 3.75. The van der Waals surface area contributed by atoms with Gasteiger partial charge in [0.1, 0.15) is 5.54 Å². The van der Waals surface area contributed by atoms with Gasteiger partial charge in [-0.15, -0.1) is 0 Å². The first-order valence-corrected chi connectivity index (χ1v) is 7.21. The molecule has 0 aromatic heterocycles. The van der Waals surface area contributed by atoms with Crippen molar-refractivity contribution in [2.75, 3.05) is 33.7 Å². The number of hydrogen-bond acceptors (Lipinski definition) is 4. The van der Waals surface area contributed by atoms with Crippen molar-refractivity contribution >= 4 is 5.91 Å². The van der Waals surface area contributed by atoms with E-state index in [1.807, 2.05) is 20.8 Å². The molecule has 0 radical (unpaired) electrons. The van der Waals surface area contributed by atoms with E-state index in [1.54, 1.807) is 0 Å². The lowest BCUT2D eigenvalue weighted by atomic mass is 9.99. The lowest BCUT2D eigenvalue weighted by Crippen LogP contribution is -2.62. The Morgan fingerprint density at radius 1 is 1.53 bits per heavy atom. The fourth-order valence-corrected chi connectivity index (χ4v) is 2.97. The highest BCUT2D eigenvalue weighted by molar-refractivity contribution is 5.84. The van der Waals surface area contributed by atoms with E-state index in [1.165, 1.54) is 12.8 Å². The second kappa shape index (κ2) is 6.68. The van der Waals surface area contributed by atoms with E-state index < -0.39 is 5.54 Å². The van der Waals surface area contributed by atoms with Crippen LogP contribution in [0.25, 0.3) is 0 Å². The normalized spacial score (nSPS) is 24.1. The van der Waals surface area contributed by atoms with Crippen LogP contribution < -0.4 is 11.1 Å². The predicted molar refractivity (Wildman–Crippen MR) is 79.0 cm³/mol. The van der Waals surface area contributed by atoms with Gasteiger partial charge in [-0.2, -0.15) is 0 Å². The third-order valence-electron chi connectivity index (χ3n) is 3.75. The quantitative estimate of drug-likeness (QED) is 0.696. The van der Waals surface area contributed by atoms with Gasteiger partial charge in [-0.25, -0.2) is 0 Å². The van der Waals surface area contributed by atoms with Crippen LogP contribution in [0.4, 0.5) is 0 Å². The molecule has 2 unspecified atom stereocenters. The number of hydrogen-bond donors (Lipinski definition) is 2. The molecule has 0 aromatic carbocycles. The number of amides is 1. The Labute approximate surface area is 117 Å². The first kappa shape index (κ1) is 16.4. The van der Waals surface area contributed by atoms with Crippen LogP contribution in [-0.4, -0.2) is 67.1 Å². The van der Waals surface area contributed by atoms with Crippen LogP contribution in [0, 0.1) is 0 Å². The maximum absolute atomic E-state index is 11.8. The molecule has 0 bridgehead atoms. The molecular weight excluding hydrogens is 240 g/mol. The van der Waals surface area contributed by atoms with Crippen molar-refractivity contribution in [2.24, 2.45) is 5.73 Å². The van der Waals surface area contributed by atoms with E-state index in [9.17, 15) is 4.79 Å². The van der Waals surface area contributed by atoms with Crippen LogP contribution in [0.1, 0.15) is 33.6 Å².